The van der Waals surface area contributed by atoms with Crippen LogP contribution in [0.25, 0.3) is 11.5 Å². The van der Waals surface area contributed by atoms with E-state index in [4.69, 9.17) is 4.42 Å². The number of oxazole rings is 1. The molecule has 0 radical (unpaired) electrons. The van der Waals surface area contributed by atoms with Crippen molar-refractivity contribution in [3.05, 3.63) is 48.0 Å². The van der Waals surface area contributed by atoms with Crippen molar-refractivity contribution in [1.29, 1.82) is 0 Å². The molecule has 10 heteroatoms. The second-order valence-corrected chi connectivity index (χ2v) is 8.65. The molecule has 1 atom stereocenters. The summed E-state index contributed by atoms with van der Waals surface area (Å²) in [5.74, 6) is 1.18. The smallest absolute Gasteiger partial charge is 0.275 e. The zero-order valence-corrected chi connectivity index (χ0v) is 19.5. The standard InChI is InChI=1S/C24H27N7O3/c1-4-25-24-26-12-18-20(28-24)30-10-6-9-17(30)13-31(22(18)32)16-8-5-7-15(11-16)21-27-19(14-34-21)23(33)29(2)3/h5,7-8,11-12,14,17H,4,6,9-10,13H2,1-3H3,(H,25,26,28)/t17-/m0/s1. The Morgan fingerprint density at radius 3 is 2.94 bits per heavy atom. The normalized spacial score (nSPS) is 17.3. The Labute approximate surface area is 197 Å². The number of aromatic nitrogens is 3. The zero-order valence-electron chi connectivity index (χ0n) is 19.5. The summed E-state index contributed by atoms with van der Waals surface area (Å²) in [6.45, 7) is 4.10. The van der Waals surface area contributed by atoms with Crippen LogP contribution in [0.1, 0.15) is 40.6 Å². The minimum atomic E-state index is -0.233. The third-order valence-electron chi connectivity index (χ3n) is 6.16. The van der Waals surface area contributed by atoms with Crippen LogP contribution in [0.2, 0.25) is 0 Å². The van der Waals surface area contributed by atoms with Crippen molar-refractivity contribution in [2.24, 2.45) is 0 Å². The Morgan fingerprint density at radius 2 is 2.15 bits per heavy atom. The first-order valence-corrected chi connectivity index (χ1v) is 11.4. The summed E-state index contributed by atoms with van der Waals surface area (Å²) in [5.41, 5.74) is 2.15. The minimum absolute atomic E-state index is 0.138. The molecule has 34 heavy (non-hydrogen) atoms. The van der Waals surface area contributed by atoms with Crippen molar-refractivity contribution < 1.29 is 14.0 Å². The molecule has 2 aliphatic rings. The van der Waals surface area contributed by atoms with Crippen LogP contribution in [0.5, 0.6) is 0 Å². The molecule has 0 aliphatic carbocycles. The molecular formula is C24H27N7O3. The second kappa shape index (κ2) is 8.77. The van der Waals surface area contributed by atoms with E-state index >= 15 is 0 Å². The molecule has 176 valence electrons. The third-order valence-corrected chi connectivity index (χ3v) is 6.16. The average molecular weight is 462 g/mol. The lowest BCUT2D eigenvalue weighted by molar-refractivity contribution is 0.0821. The fourth-order valence-electron chi connectivity index (χ4n) is 4.49. The molecule has 0 unspecified atom stereocenters. The number of amides is 2. The number of fused-ring (bicyclic) bond motifs is 3. The summed E-state index contributed by atoms with van der Waals surface area (Å²) in [7, 11) is 3.33. The maximum atomic E-state index is 13.7. The molecule has 2 amide bonds. The summed E-state index contributed by atoms with van der Waals surface area (Å²) in [6, 6.07) is 7.64. The van der Waals surface area contributed by atoms with Gasteiger partial charge < -0.3 is 24.4 Å². The molecule has 1 fully saturated rings. The number of hydrogen-bond donors (Lipinski definition) is 1. The van der Waals surface area contributed by atoms with Crippen LogP contribution in [0, 0.1) is 0 Å². The number of anilines is 3. The number of rotatable bonds is 5. The van der Waals surface area contributed by atoms with Gasteiger partial charge in [-0.3, -0.25) is 9.59 Å². The van der Waals surface area contributed by atoms with Crippen molar-refractivity contribution in [1.82, 2.24) is 19.9 Å². The Balaban J connectivity index is 1.51. The van der Waals surface area contributed by atoms with Crippen molar-refractivity contribution in [3.63, 3.8) is 0 Å². The predicted molar refractivity (Wildman–Crippen MR) is 128 cm³/mol. The quantitative estimate of drug-likeness (QED) is 0.618. The number of nitrogens with one attached hydrogen (secondary N) is 1. The lowest BCUT2D eigenvalue weighted by atomic mass is 10.1. The first-order valence-electron chi connectivity index (χ1n) is 11.4. The van der Waals surface area contributed by atoms with Crippen molar-refractivity contribution in [2.45, 2.75) is 25.8 Å². The number of benzene rings is 1. The fraction of sp³-hybridized carbons (Fsp3) is 0.375. The fourth-order valence-corrected chi connectivity index (χ4v) is 4.49. The van der Waals surface area contributed by atoms with E-state index in [2.05, 4.69) is 25.2 Å². The molecule has 0 saturated carbocycles. The number of nitrogens with zero attached hydrogens (tertiary/aromatic N) is 6. The van der Waals surface area contributed by atoms with Gasteiger partial charge in [0, 0.05) is 57.2 Å². The molecule has 1 N–H and O–H groups in total. The van der Waals surface area contributed by atoms with Crippen LogP contribution in [0.3, 0.4) is 0 Å². The van der Waals surface area contributed by atoms with Crippen LogP contribution >= 0.6 is 0 Å². The van der Waals surface area contributed by atoms with Gasteiger partial charge in [0.05, 0.1) is 0 Å². The lowest BCUT2D eigenvalue weighted by Gasteiger charge is -2.27. The van der Waals surface area contributed by atoms with E-state index in [0.29, 0.717) is 41.9 Å². The largest absolute Gasteiger partial charge is 0.444 e. The van der Waals surface area contributed by atoms with E-state index < -0.39 is 0 Å². The van der Waals surface area contributed by atoms with Gasteiger partial charge >= 0.3 is 0 Å². The maximum Gasteiger partial charge on any atom is 0.275 e. The molecule has 10 nitrogen and oxygen atoms in total. The lowest BCUT2D eigenvalue weighted by Crippen LogP contribution is -2.39. The van der Waals surface area contributed by atoms with Crippen molar-refractivity contribution in [3.8, 4) is 11.5 Å². The first-order chi connectivity index (χ1) is 16.5. The molecule has 1 saturated heterocycles. The highest BCUT2D eigenvalue weighted by Crippen LogP contribution is 2.35. The highest BCUT2D eigenvalue weighted by atomic mass is 16.3. The minimum Gasteiger partial charge on any atom is -0.444 e. The van der Waals surface area contributed by atoms with Gasteiger partial charge in [0.25, 0.3) is 11.8 Å². The van der Waals surface area contributed by atoms with Gasteiger partial charge in [-0.05, 0) is 38.0 Å². The molecule has 5 rings (SSSR count). The molecule has 2 aliphatic heterocycles. The Hall–Kier alpha value is -3.95. The molecule has 2 aromatic heterocycles. The summed E-state index contributed by atoms with van der Waals surface area (Å²) >= 11 is 0. The maximum absolute atomic E-state index is 13.7. The molecule has 3 aromatic rings. The Morgan fingerprint density at radius 1 is 1.29 bits per heavy atom. The number of hydrogen-bond acceptors (Lipinski definition) is 8. The first kappa shape index (κ1) is 21.9. The second-order valence-electron chi connectivity index (χ2n) is 8.65. The molecular weight excluding hydrogens is 434 g/mol. The van der Waals surface area contributed by atoms with Crippen LogP contribution in [0.15, 0.2) is 41.1 Å². The predicted octanol–water partition coefficient (Wildman–Crippen LogP) is 2.89. The summed E-state index contributed by atoms with van der Waals surface area (Å²) < 4.78 is 5.58. The molecule has 1 aromatic carbocycles. The van der Waals surface area contributed by atoms with E-state index in [1.807, 2.05) is 31.2 Å². The molecule has 0 bridgehead atoms. The van der Waals surface area contributed by atoms with Crippen LogP contribution in [-0.4, -0.2) is 71.4 Å². The van der Waals surface area contributed by atoms with Gasteiger partial charge in [-0.25, -0.2) is 9.97 Å². The van der Waals surface area contributed by atoms with E-state index in [1.54, 1.807) is 25.2 Å². The van der Waals surface area contributed by atoms with Gasteiger partial charge in [0.15, 0.2) is 5.69 Å². The van der Waals surface area contributed by atoms with Crippen LogP contribution in [-0.2, 0) is 0 Å². The van der Waals surface area contributed by atoms with E-state index in [9.17, 15) is 9.59 Å². The number of carbonyl (C=O) groups excluding carboxylic acids is 2. The van der Waals surface area contributed by atoms with Gasteiger partial charge in [0.1, 0.15) is 17.6 Å². The summed E-state index contributed by atoms with van der Waals surface area (Å²) in [5, 5.41) is 3.14. The summed E-state index contributed by atoms with van der Waals surface area (Å²) in [4.78, 5) is 44.7. The van der Waals surface area contributed by atoms with Crippen LogP contribution < -0.4 is 15.1 Å². The molecule has 4 heterocycles. The highest BCUT2D eigenvalue weighted by Gasteiger charge is 2.37. The number of carbonyl (C=O) groups is 2. The van der Waals surface area contributed by atoms with E-state index in [-0.39, 0.29) is 23.6 Å². The average Bonchev–Trinajstić information content (AvgIpc) is 3.50. The molecule has 0 spiro atoms. The van der Waals surface area contributed by atoms with E-state index in [0.717, 1.165) is 25.1 Å². The van der Waals surface area contributed by atoms with Crippen molar-refractivity contribution >= 4 is 29.3 Å². The van der Waals surface area contributed by atoms with Gasteiger partial charge in [-0.15, -0.1) is 0 Å². The Kier molecular flexibility index (Phi) is 5.64. The van der Waals surface area contributed by atoms with Crippen molar-refractivity contribution in [2.75, 3.05) is 48.8 Å². The van der Waals surface area contributed by atoms with Crippen LogP contribution in [0.4, 0.5) is 17.5 Å². The Bertz CT molecular complexity index is 1240. The topological polar surface area (TPSA) is 108 Å². The summed E-state index contributed by atoms with van der Waals surface area (Å²) in [6.07, 6.45) is 5.01. The van der Waals surface area contributed by atoms with E-state index in [1.165, 1.54) is 11.2 Å². The van der Waals surface area contributed by atoms with Gasteiger partial charge in [0.2, 0.25) is 11.8 Å². The highest BCUT2D eigenvalue weighted by molar-refractivity contribution is 6.10. The SMILES string of the molecule is CCNc1ncc2c(n1)N1CCC[C@H]1CN(c1cccc(-c3nc(C(=O)N(C)C)co3)c1)C2=O. The third kappa shape index (κ3) is 3.85. The monoisotopic (exact) mass is 461 g/mol. The van der Waals surface area contributed by atoms with Gasteiger partial charge in [-0.2, -0.15) is 4.98 Å². The zero-order chi connectivity index (χ0) is 23.8. The van der Waals surface area contributed by atoms with Gasteiger partial charge in [-0.1, -0.05) is 6.07 Å².